The van der Waals surface area contributed by atoms with Crippen molar-refractivity contribution in [3.8, 4) is 0 Å². The molecule has 1 aromatic heterocycles. The van der Waals surface area contributed by atoms with Crippen molar-refractivity contribution in [1.82, 2.24) is 14.8 Å². The standard InChI is InChI=1S/C18H27N3O2/c1-20(12-16-7-3-9-19-11-16)14-18(23)8-4-10-21(17(18)22)13-15-5-2-6-15/h3,7,9,11,15,23H,2,4-6,8,10,12-14H2,1H3/t18-/m0/s1. The van der Waals surface area contributed by atoms with E-state index in [1.165, 1.54) is 19.3 Å². The van der Waals surface area contributed by atoms with E-state index in [4.69, 9.17) is 0 Å². The lowest BCUT2D eigenvalue weighted by Gasteiger charge is -2.42. The van der Waals surface area contributed by atoms with E-state index in [-0.39, 0.29) is 5.91 Å². The first-order valence-electron chi connectivity index (χ1n) is 8.66. The summed E-state index contributed by atoms with van der Waals surface area (Å²) in [4.78, 5) is 20.8. The molecule has 0 radical (unpaired) electrons. The van der Waals surface area contributed by atoms with Crippen molar-refractivity contribution in [1.29, 1.82) is 0 Å². The lowest BCUT2D eigenvalue weighted by molar-refractivity contribution is -0.160. The molecule has 1 N–H and O–H groups in total. The highest BCUT2D eigenvalue weighted by atomic mass is 16.3. The number of carbonyl (C=O) groups excluding carboxylic acids is 1. The molecular weight excluding hydrogens is 290 g/mol. The largest absolute Gasteiger partial charge is 0.379 e. The van der Waals surface area contributed by atoms with Gasteiger partial charge in [0, 0.05) is 38.6 Å². The molecule has 5 heteroatoms. The van der Waals surface area contributed by atoms with E-state index in [1.54, 1.807) is 6.20 Å². The molecule has 1 saturated carbocycles. The smallest absolute Gasteiger partial charge is 0.255 e. The molecule has 23 heavy (non-hydrogen) atoms. The monoisotopic (exact) mass is 317 g/mol. The van der Waals surface area contributed by atoms with Crippen LogP contribution in [0.4, 0.5) is 0 Å². The highest BCUT2D eigenvalue weighted by molar-refractivity contribution is 5.86. The van der Waals surface area contributed by atoms with Gasteiger partial charge in [0.15, 0.2) is 5.60 Å². The third-order valence-corrected chi connectivity index (χ3v) is 5.11. The summed E-state index contributed by atoms with van der Waals surface area (Å²) in [6, 6.07) is 3.92. The average molecular weight is 317 g/mol. The fourth-order valence-corrected chi connectivity index (χ4v) is 3.68. The molecule has 2 heterocycles. The van der Waals surface area contributed by atoms with E-state index in [2.05, 4.69) is 4.98 Å². The topological polar surface area (TPSA) is 56.7 Å². The van der Waals surface area contributed by atoms with Gasteiger partial charge in [-0.2, -0.15) is 0 Å². The number of rotatable bonds is 6. The first kappa shape index (κ1) is 16.4. The quantitative estimate of drug-likeness (QED) is 0.867. The van der Waals surface area contributed by atoms with Crippen LogP contribution in [0.2, 0.25) is 0 Å². The summed E-state index contributed by atoms with van der Waals surface area (Å²) < 4.78 is 0. The molecule has 1 aliphatic carbocycles. The van der Waals surface area contributed by atoms with E-state index < -0.39 is 5.60 Å². The average Bonchev–Trinajstić information content (AvgIpc) is 2.48. The Hall–Kier alpha value is -1.46. The molecule has 1 saturated heterocycles. The lowest BCUT2D eigenvalue weighted by atomic mass is 9.83. The first-order chi connectivity index (χ1) is 11.1. The molecule has 0 aromatic carbocycles. The molecule has 126 valence electrons. The normalized spacial score (nSPS) is 25.7. The highest BCUT2D eigenvalue weighted by Crippen LogP contribution is 2.30. The number of hydrogen-bond donors (Lipinski definition) is 1. The molecule has 5 nitrogen and oxygen atoms in total. The number of amides is 1. The number of likely N-dealkylation sites (N-methyl/N-ethyl adjacent to an activating group) is 1. The van der Waals surface area contributed by atoms with Crippen molar-refractivity contribution in [2.24, 2.45) is 5.92 Å². The summed E-state index contributed by atoms with van der Waals surface area (Å²) >= 11 is 0. The van der Waals surface area contributed by atoms with Gasteiger partial charge in [-0.15, -0.1) is 0 Å². The molecule has 2 aliphatic rings. The Balaban J connectivity index is 1.59. The van der Waals surface area contributed by atoms with Gasteiger partial charge in [0.25, 0.3) is 5.91 Å². The maximum atomic E-state index is 12.7. The fraction of sp³-hybridized carbons (Fsp3) is 0.667. The van der Waals surface area contributed by atoms with Crippen LogP contribution in [-0.2, 0) is 11.3 Å². The Morgan fingerprint density at radius 2 is 2.26 bits per heavy atom. The van der Waals surface area contributed by atoms with Crippen LogP contribution in [0.5, 0.6) is 0 Å². The second-order valence-corrected chi connectivity index (χ2v) is 7.22. The van der Waals surface area contributed by atoms with Gasteiger partial charge in [0.05, 0.1) is 0 Å². The van der Waals surface area contributed by atoms with E-state index in [0.29, 0.717) is 25.4 Å². The maximum absolute atomic E-state index is 12.7. The van der Waals surface area contributed by atoms with Crippen molar-refractivity contribution in [3.05, 3.63) is 30.1 Å². The zero-order valence-corrected chi connectivity index (χ0v) is 13.9. The van der Waals surface area contributed by atoms with Crippen molar-refractivity contribution >= 4 is 5.91 Å². The molecule has 2 fully saturated rings. The van der Waals surface area contributed by atoms with Crippen molar-refractivity contribution in [2.45, 2.75) is 44.2 Å². The SMILES string of the molecule is CN(Cc1cccnc1)C[C@@]1(O)CCCN(CC2CCC2)C1=O. The van der Waals surface area contributed by atoms with Crippen LogP contribution >= 0.6 is 0 Å². The summed E-state index contributed by atoms with van der Waals surface area (Å²) in [5.41, 5.74) is -0.146. The molecule has 1 atom stereocenters. The van der Waals surface area contributed by atoms with Crippen molar-refractivity contribution < 1.29 is 9.90 Å². The van der Waals surface area contributed by atoms with Crippen LogP contribution in [0.25, 0.3) is 0 Å². The fourth-order valence-electron chi connectivity index (χ4n) is 3.68. The minimum atomic E-state index is -1.24. The van der Waals surface area contributed by atoms with Crippen molar-refractivity contribution in [2.75, 3.05) is 26.7 Å². The van der Waals surface area contributed by atoms with Crippen LogP contribution in [-0.4, -0.2) is 58.1 Å². The molecule has 1 aliphatic heterocycles. The van der Waals surface area contributed by atoms with Gasteiger partial charge < -0.3 is 10.0 Å². The molecule has 0 spiro atoms. The summed E-state index contributed by atoms with van der Waals surface area (Å²) in [6.07, 6.45) is 8.75. The Labute approximate surface area is 138 Å². The molecule has 0 unspecified atom stereocenters. The number of hydrogen-bond acceptors (Lipinski definition) is 4. The lowest BCUT2D eigenvalue weighted by Crippen LogP contribution is -2.59. The summed E-state index contributed by atoms with van der Waals surface area (Å²) in [7, 11) is 1.95. The molecule has 3 rings (SSSR count). The summed E-state index contributed by atoms with van der Waals surface area (Å²) in [6.45, 7) is 2.69. The number of aromatic nitrogens is 1. The van der Waals surface area contributed by atoms with Gasteiger partial charge in [0.1, 0.15) is 0 Å². The first-order valence-corrected chi connectivity index (χ1v) is 8.66. The van der Waals surface area contributed by atoms with Gasteiger partial charge in [-0.1, -0.05) is 12.5 Å². The number of nitrogens with zero attached hydrogens (tertiary/aromatic N) is 3. The van der Waals surface area contributed by atoms with Crippen molar-refractivity contribution in [3.63, 3.8) is 0 Å². The Morgan fingerprint density at radius 1 is 1.43 bits per heavy atom. The van der Waals surface area contributed by atoms with Gasteiger partial charge in [-0.05, 0) is 50.3 Å². The van der Waals surface area contributed by atoms with Gasteiger partial charge >= 0.3 is 0 Å². The molecule has 1 amide bonds. The van der Waals surface area contributed by atoms with Crippen LogP contribution in [0.1, 0.15) is 37.7 Å². The van der Waals surface area contributed by atoms with E-state index in [1.807, 2.05) is 35.2 Å². The third kappa shape index (κ3) is 3.90. The maximum Gasteiger partial charge on any atom is 0.255 e. The van der Waals surface area contributed by atoms with Gasteiger partial charge in [0.2, 0.25) is 0 Å². The van der Waals surface area contributed by atoms with E-state index in [9.17, 15) is 9.90 Å². The number of likely N-dealkylation sites (tertiary alicyclic amines) is 1. The highest BCUT2D eigenvalue weighted by Gasteiger charge is 2.43. The second kappa shape index (κ2) is 6.97. The molecule has 0 bridgehead atoms. The van der Waals surface area contributed by atoms with Crippen LogP contribution in [0.15, 0.2) is 24.5 Å². The number of aliphatic hydroxyl groups is 1. The minimum Gasteiger partial charge on any atom is -0.379 e. The Bertz CT molecular complexity index is 532. The zero-order valence-electron chi connectivity index (χ0n) is 13.9. The van der Waals surface area contributed by atoms with Gasteiger partial charge in [-0.3, -0.25) is 14.7 Å². The molecular formula is C18H27N3O2. The van der Waals surface area contributed by atoms with E-state index in [0.717, 1.165) is 25.1 Å². The third-order valence-electron chi connectivity index (χ3n) is 5.11. The van der Waals surface area contributed by atoms with Crippen LogP contribution < -0.4 is 0 Å². The minimum absolute atomic E-state index is 0.0753. The number of piperidine rings is 1. The molecule has 1 aromatic rings. The summed E-state index contributed by atoms with van der Waals surface area (Å²) in [5, 5.41) is 10.9. The van der Waals surface area contributed by atoms with Crippen LogP contribution in [0, 0.1) is 5.92 Å². The number of carbonyl (C=O) groups is 1. The predicted octanol–water partition coefficient (Wildman–Crippen LogP) is 1.67. The second-order valence-electron chi connectivity index (χ2n) is 7.22. The Morgan fingerprint density at radius 3 is 2.91 bits per heavy atom. The number of pyridine rings is 1. The van der Waals surface area contributed by atoms with Crippen LogP contribution in [0.3, 0.4) is 0 Å². The summed E-state index contributed by atoms with van der Waals surface area (Å²) in [5.74, 6) is 0.572. The van der Waals surface area contributed by atoms with Gasteiger partial charge in [-0.25, -0.2) is 0 Å². The Kier molecular flexibility index (Phi) is 4.97. The predicted molar refractivity (Wildman–Crippen MR) is 88.7 cm³/mol. The zero-order chi connectivity index (χ0) is 16.3. The van der Waals surface area contributed by atoms with E-state index >= 15 is 0 Å².